The van der Waals surface area contributed by atoms with E-state index in [4.69, 9.17) is 0 Å². The van der Waals surface area contributed by atoms with Gasteiger partial charge in [0.15, 0.2) is 0 Å². The molecular weight excluding hydrogens is 344 g/mol. The van der Waals surface area contributed by atoms with Crippen LogP contribution in [0.5, 0.6) is 0 Å². The number of carboxylic acid groups (broad SMARTS) is 1. The minimum Gasteiger partial charge on any atom is -0.481 e. The molecule has 1 unspecified atom stereocenters. The van der Waals surface area contributed by atoms with Crippen LogP contribution >= 0.6 is 0 Å². The van der Waals surface area contributed by atoms with E-state index in [-0.39, 0.29) is 5.92 Å². The van der Waals surface area contributed by atoms with Crippen LogP contribution in [-0.2, 0) is 4.79 Å². The largest absolute Gasteiger partial charge is 0.481 e. The second-order valence-corrected chi connectivity index (χ2v) is 8.61. The molecule has 0 rings (SSSR count). The number of carbonyl (C=O) groups is 1. The van der Waals surface area contributed by atoms with Crippen LogP contribution in [0.4, 0.5) is 0 Å². The Morgan fingerprint density at radius 3 is 1.39 bits per heavy atom. The summed E-state index contributed by atoms with van der Waals surface area (Å²) >= 11 is 0. The zero-order chi connectivity index (χ0) is 20.7. The fourth-order valence-corrected chi connectivity index (χ4v) is 3.85. The molecule has 0 aliphatic heterocycles. The fraction of sp³-hybridized carbons (Fsp3) is 0.885. The molecule has 166 valence electrons. The Bertz CT molecular complexity index is 348. The Labute approximate surface area is 176 Å². The molecule has 0 amide bonds. The Kier molecular flexibility index (Phi) is 21.9. The molecule has 1 N–H and O–H groups in total. The highest BCUT2D eigenvalue weighted by Gasteiger charge is 2.15. The molecule has 0 spiro atoms. The first-order valence-electron chi connectivity index (χ1n) is 12.6. The van der Waals surface area contributed by atoms with Crippen molar-refractivity contribution in [1.29, 1.82) is 0 Å². The molecule has 1 atom stereocenters. The van der Waals surface area contributed by atoms with E-state index in [1.807, 2.05) is 0 Å². The third-order valence-electron chi connectivity index (χ3n) is 5.82. The number of unbranched alkanes of at least 4 members (excludes halogenated alkanes) is 15. The highest BCUT2D eigenvalue weighted by atomic mass is 16.4. The van der Waals surface area contributed by atoms with Crippen molar-refractivity contribution in [3.63, 3.8) is 0 Å². The molecule has 0 bridgehead atoms. The van der Waals surface area contributed by atoms with Gasteiger partial charge in [-0.1, -0.05) is 116 Å². The molecule has 0 aliphatic carbocycles. The first-order valence-corrected chi connectivity index (χ1v) is 12.6. The van der Waals surface area contributed by atoms with E-state index in [1.165, 1.54) is 103 Å². The van der Waals surface area contributed by atoms with E-state index < -0.39 is 5.97 Å². The molecular formula is C26H50O2. The van der Waals surface area contributed by atoms with Gasteiger partial charge in [-0.05, 0) is 38.5 Å². The van der Waals surface area contributed by atoms with Crippen LogP contribution in [0.2, 0.25) is 0 Å². The molecule has 0 aliphatic rings. The van der Waals surface area contributed by atoms with Gasteiger partial charge in [-0.2, -0.15) is 0 Å². The number of allylic oxidation sites excluding steroid dienone is 2. The lowest BCUT2D eigenvalue weighted by Crippen LogP contribution is -2.13. The molecule has 0 heterocycles. The van der Waals surface area contributed by atoms with Crippen molar-refractivity contribution < 1.29 is 9.90 Å². The van der Waals surface area contributed by atoms with Crippen LogP contribution in [0.3, 0.4) is 0 Å². The minimum absolute atomic E-state index is 0.103. The summed E-state index contributed by atoms with van der Waals surface area (Å²) in [5.41, 5.74) is 0. The van der Waals surface area contributed by atoms with Crippen LogP contribution in [0.1, 0.15) is 142 Å². The summed E-state index contributed by atoms with van der Waals surface area (Å²) in [5.74, 6) is -0.683. The number of aliphatic carboxylic acids is 1. The van der Waals surface area contributed by atoms with E-state index in [0.29, 0.717) is 0 Å². The first kappa shape index (κ1) is 27.2. The Morgan fingerprint density at radius 2 is 0.964 bits per heavy atom. The van der Waals surface area contributed by atoms with Gasteiger partial charge in [0.2, 0.25) is 0 Å². The predicted molar refractivity (Wildman–Crippen MR) is 124 cm³/mol. The Morgan fingerprint density at radius 1 is 0.607 bits per heavy atom. The van der Waals surface area contributed by atoms with Crippen LogP contribution < -0.4 is 0 Å². The zero-order valence-corrected chi connectivity index (χ0v) is 19.2. The van der Waals surface area contributed by atoms with Gasteiger partial charge in [-0.15, -0.1) is 0 Å². The monoisotopic (exact) mass is 394 g/mol. The van der Waals surface area contributed by atoms with Crippen LogP contribution in [0.15, 0.2) is 12.2 Å². The number of carboxylic acids is 1. The highest BCUT2D eigenvalue weighted by Crippen LogP contribution is 2.19. The van der Waals surface area contributed by atoms with Crippen LogP contribution in [0, 0.1) is 5.92 Å². The summed E-state index contributed by atoms with van der Waals surface area (Å²) in [5, 5.41) is 9.35. The molecule has 2 heteroatoms. The Balaban J connectivity index is 3.39. The summed E-state index contributed by atoms with van der Waals surface area (Å²) in [7, 11) is 0. The topological polar surface area (TPSA) is 37.3 Å². The average Bonchev–Trinajstić information content (AvgIpc) is 2.69. The number of rotatable bonds is 22. The molecule has 0 saturated heterocycles. The van der Waals surface area contributed by atoms with Crippen molar-refractivity contribution in [2.24, 2.45) is 5.92 Å². The van der Waals surface area contributed by atoms with E-state index in [1.54, 1.807) is 0 Å². The predicted octanol–water partition coefficient (Wildman–Crippen LogP) is 9.09. The molecule has 0 aromatic heterocycles. The van der Waals surface area contributed by atoms with Gasteiger partial charge in [-0.3, -0.25) is 4.79 Å². The van der Waals surface area contributed by atoms with Crippen molar-refractivity contribution in [2.45, 2.75) is 142 Å². The van der Waals surface area contributed by atoms with Crippen molar-refractivity contribution in [1.82, 2.24) is 0 Å². The second kappa shape index (κ2) is 22.5. The maximum absolute atomic E-state index is 11.3. The van der Waals surface area contributed by atoms with E-state index in [2.05, 4.69) is 26.0 Å². The third-order valence-corrected chi connectivity index (χ3v) is 5.82. The molecule has 2 nitrogen and oxygen atoms in total. The number of hydrogen-bond acceptors (Lipinski definition) is 1. The molecule has 0 fully saturated rings. The standard InChI is InChI=1S/C26H50O2/c1-3-5-7-9-10-11-12-13-14-15-16-17-18-19-20-22-24-25(26(27)28)23-21-8-6-4-2/h13-14,25H,3-12,15-24H2,1-2H3,(H,27,28). The fourth-order valence-electron chi connectivity index (χ4n) is 3.85. The van der Waals surface area contributed by atoms with Gasteiger partial charge in [-0.25, -0.2) is 0 Å². The Hall–Kier alpha value is -0.790. The molecule has 28 heavy (non-hydrogen) atoms. The van der Waals surface area contributed by atoms with Gasteiger partial charge in [0, 0.05) is 0 Å². The summed E-state index contributed by atoms with van der Waals surface area (Å²) < 4.78 is 0. The normalized spacial score (nSPS) is 12.6. The van der Waals surface area contributed by atoms with Crippen molar-refractivity contribution >= 4 is 5.97 Å². The van der Waals surface area contributed by atoms with Gasteiger partial charge in [0.05, 0.1) is 5.92 Å². The lowest BCUT2D eigenvalue weighted by Gasteiger charge is -2.11. The number of hydrogen-bond donors (Lipinski definition) is 1. The average molecular weight is 395 g/mol. The van der Waals surface area contributed by atoms with Gasteiger partial charge in [0.1, 0.15) is 0 Å². The summed E-state index contributed by atoms with van der Waals surface area (Å²) in [6.45, 7) is 4.47. The lowest BCUT2D eigenvalue weighted by atomic mass is 9.94. The van der Waals surface area contributed by atoms with E-state index in [9.17, 15) is 9.90 Å². The van der Waals surface area contributed by atoms with Crippen molar-refractivity contribution in [3.05, 3.63) is 12.2 Å². The molecule has 0 aromatic carbocycles. The minimum atomic E-state index is -0.579. The highest BCUT2D eigenvalue weighted by molar-refractivity contribution is 5.69. The quantitative estimate of drug-likeness (QED) is 0.147. The maximum atomic E-state index is 11.3. The van der Waals surface area contributed by atoms with Crippen molar-refractivity contribution in [2.75, 3.05) is 0 Å². The molecule has 0 radical (unpaired) electrons. The first-order chi connectivity index (χ1) is 13.7. The van der Waals surface area contributed by atoms with E-state index >= 15 is 0 Å². The van der Waals surface area contributed by atoms with Gasteiger partial charge in [0.25, 0.3) is 0 Å². The second-order valence-electron chi connectivity index (χ2n) is 8.61. The third kappa shape index (κ3) is 20.0. The SMILES string of the molecule is CCCCCCCCC=CCCCCCCCCC(CCCCCC)C(=O)O. The summed E-state index contributed by atoms with van der Waals surface area (Å²) in [6, 6.07) is 0. The van der Waals surface area contributed by atoms with Gasteiger partial charge >= 0.3 is 5.97 Å². The zero-order valence-electron chi connectivity index (χ0n) is 19.2. The summed E-state index contributed by atoms with van der Waals surface area (Å²) in [6.07, 6.45) is 29.5. The van der Waals surface area contributed by atoms with Gasteiger partial charge < -0.3 is 5.11 Å². The van der Waals surface area contributed by atoms with Crippen LogP contribution in [0.25, 0.3) is 0 Å². The smallest absolute Gasteiger partial charge is 0.306 e. The summed E-state index contributed by atoms with van der Waals surface area (Å²) in [4.78, 5) is 11.3. The maximum Gasteiger partial charge on any atom is 0.306 e. The van der Waals surface area contributed by atoms with Crippen molar-refractivity contribution in [3.8, 4) is 0 Å². The molecule has 0 aromatic rings. The lowest BCUT2D eigenvalue weighted by molar-refractivity contribution is -0.142. The molecule has 0 saturated carbocycles. The van der Waals surface area contributed by atoms with E-state index in [0.717, 1.165) is 25.7 Å². The van der Waals surface area contributed by atoms with Crippen LogP contribution in [-0.4, -0.2) is 11.1 Å².